The quantitative estimate of drug-likeness (QED) is 0.358. The normalized spacial score (nSPS) is 10.5. The van der Waals surface area contributed by atoms with E-state index in [1.54, 1.807) is 0 Å². The number of nitrogens with zero attached hydrogens (tertiary/aromatic N) is 3. The first-order valence-corrected chi connectivity index (χ1v) is 10.1. The van der Waals surface area contributed by atoms with Gasteiger partial charge in [-0.15, -0.1) is 0 Å². The van der Waals surface area contributed by atoms with Crippen LogP contribution in [0.25, 0.3) is 33.5 Å². The van der Waals surface area contributed by atoms with Crippen molar-refractivity contribution < 1.29 is 0 Å². The largest absolute Gasteiger partial charge is 0.381 e. The van der Waals surface area contributed by atoms with Crippen molar-refractivity contribution in [1.82, 2.24) is 25.4 Å². The molecule has 6 nitrogen and oxygen atoms in total. The molecule has 6 heteroatoms. The molecule has 0 atom stereocenters. The number of hydrogen-bond donors (Lipinski definition) is 3. The van der Waals surface area contributed by atoms with Crippen LogP contribution >= 0.6 is 0 Å². The molecule has 3 aromatic carbocycles. The summed E-state index contributed by atoms with van der Waals surface area (Å²) in [5.74, 6) is 0.745. The van der Waals surface area contributed by atoms with Crippen molar-refractivity contribution in [2.45, 2.75) is 20.4 Å². The topological polar surface area (TPSA) is 82.3 Å². The molecule has 0 saturated carbocycles. The molecule has 0 aliphatic carbocycles. The summed E-state index contributed by atoms with van der Waals surface area (Å²) in [6.07, 6.45) is 1.51. The Kier molecular flexibility index (Phi) is 5.85. The highest BCUT2D eigenvalue weighted by Crippen LogP contribution is 2.30. The predicted octanol–water partition coefficient (Wildman–Crippen LogP) is 5.65. The minimum Gasteiger partial charge on any atom is -0.381 e. The molecule has 5 rings (SSSR count). The summed E-state index contributed by atoms with van der Waals surface area (Å²) in [6, 6.07) is 24.8. The zero-order chi connectivity index (χ0) is 20.8. The Balaban J connectivity index is 0.00000106. The van der Waals surface area contributed by atoms with Gasteiger partial charge < -0.3 is 5.32 Å². The summed E-state index contributed by atoms with van der Waals surface area (Å²) < 4.78 is 0. The first-order valence-electron chi connectivity index (χ1n) is 10.1. The Hall–Kier alpha value is -3.93. The van der Waals surface area contributed by atoms with Crippen LogP contribution in [0.1, 0.15) is 19.4 Å². The van der Waals surface area contributed by atoms with Crippen LogP contribution in [-0.4, -0.2) is 25.4 Å². The number of fused-ring (bicyclic) bond motifs is 1. The van der Waals surface area contributed by atoms with Crippen molar-refractivity contribution in [1.29, 1.82) is 0 Å². The molecule has 0 spiro atoms. The number of benzene rings is 3. The summed E-state index contributed by atoms with van der Waals surface area (Å²) in [6.45, 7) is 4.75. The molecule has 5 aromatic rings. The Morgan fingerprint density at radius 1 is 0.833 bits per heavy atom. The zero-order valence-corrected chi connectivity index (χ0v) is 17.1. The Labute approximate surface area is 175 Å². The van der Waals surface area contributed by atoms with E-state index in [1.807, 2.05) is 44.2 Å². The highest BCUT2D eigenvalue weighted by atomic mass is 15.2. The van der Waals surface area contributed by atoms with E-state index < -0.39 is 0 Å². The number of aromatic nitrogens is 5. The van der Waals surface area contributed by atoms with Crippen LogP contribution in [0.3, 0.4) is 0 Å². The summed E-state index contributed by atoms with van der Waals surface area (Å²) in [5.41, 5.74) is 6.28. The Bertz CT molecular complexity index is 1210. The molecular formula is C24H24N6. The summed E-state index contributed by atoms with van der Waals surface area (Å²) in [4.78, 5) is 4.24. The van der Waals surface area contributed by atoms with Crippen LogP contribution < -0.4 is 5.32 Å². The fourth-order valence-corrected chi connectivity index (χ4v) is 3.31. The third-order valence-corrected chi connectivity index (χ3v) is 4.72. The summed E-state index contributed by atoms with van der Waals surface area (Å²) in [7, 11) is 0. The molecule has 3 N–H and O–H groups in total. The van der Waals surface area contributed by atoms with Crippen LogP contribution in [-0.2, 0) is 6.54 Å². The second-order valence-corrected chi connectivity index (χ2v) is 6.59. The predicted molar refractivity (Wildman–Crippen MR) is 122 cm³/mol. The number of H-pyrrole nitrogens is 2. The monoisotopic (exact) mass is 396 g/mol. The van der Waals surface area contributed by atoms with Crippen LogP contribution in [0.5, 0.6) is 0 Å². The van der Waals surface area contributed by atoms with Crippen LogP contribution in [0, 0.1) is 0 Å². The molecule has 150 valence electrons. The molecule has 0 aliphatic rings. The smallest absolute Gasteiger partial charge is 0.155 e. The minimum atomic E-state index is 0.745. The fourth-order valence-electron chi connectivity index (χ4n) is 3.31. The van der Waals surface area contributed by atoms with Gasteiger partial charge in [0.2, 0.25) is 0 Å². The molecule has 2 heterocycles. The lowest BCUT2D eigenvalue weighted by molar-refractivity contribution is 1.10. The van der Waals surface area contributed by atoms with Crippen molar-refractivity contribution in [2.75, 3.05) is 5.32 Å². The average molecular weight is 396 g/mol. The van der Waals surface area contributed by atoms with Gasteiger partial charge in [0, 0.05) is 28.7 Å². The minimum absolute atomic E-state index is 0.745. The maximum atomic E-state index is 4.56. The number of nitrogens with one attached hydrogen (secondary N) is 3. The summed E-state index contributed by atoms with van der Waals surface area (Å²) >= 11 is 0. The van der Waals surface area contributed by atoms with E-state index in [0.717, 1.165) is 45.8 Å². The Morgan fingerprint density at radius 3 is 2.50 bits per heavy atom. The van der Waals surface area contributed by atoms with E-state index in [2.05, 4.69) is 73.2 Å². The molecule has 0 aliphatic heterocycles. The first-order chi connectivity index (χ1) is 14.9. The lowest BCUT2D eigenvalue weighted by Gasteiger charge is -2.08. The average Bonchev–Trinajstić information content (AvgIpc) is 3.50. The summed E-state index contributed by atoms with van der Waals surface area (Å²) in [5, 5.41) is 19.0. The van der Waals surface area contributed by atoms with Gasteiger partial charge in [-0.25, -0.2) is 4.98 Å². The third kappa shape index (κ3) is 4.07. The molecule has 0 fully saturated rings. The molecule has 2 aromatic heterocycles. The van der Waals surface area contributed by atoms with Crippen molar-refractivity contribution in [2.24, 2.45) is 0 Å². The van der Waals surface area contributed by atoms with Gasteiger partial charge in [-0.3, -0.25) is 10.2 Å². The number of hydrogen-bond acceptors (Lipinski definition) is 4. The first kappa shape index (κ1) is 19.4. The molecule has 0 saturated heterocycles. The fraction of sp³-hybridized carbons (Fsp3) is 0.125. The van der Waals surface area contributed by atoms with E-state index >= 15 is 0 Å². The second kappa shape index (κ2) is 9.05. The van der Waals surface area contributed by atoms with Crippen molar-refractivity contribution >= 4 is 16.6 Å². The third-order valence-electron chi connectivity index (χ3n) is 4.72. The number of rotatable bonds is 5. The van der Waals surface area contributed by atoms with E-state index in [-0.39, 0.29) is 0 Å². The zero-order valence-electron chi connectivity index (χ0n) is 17.1. The van der Waals surface area contributed by atoms with E-state index in [9.17, 15) is 0 Å². The van der Waals surface area contributed by atoms with Crippen molar-refractivity contribution in [3.8, 4) is 22.6 Å². The lowest BCUT2D eigenvalue weighted by Crippen LogP contribution is -1.99. The maximum Gasteiger partial charge on any atom is 0.155 e. The van der Waals surface area contributed by atoms with Gasteiger partial charge >= 0.3 is 0 Å². The Morgan fingerprint density at radius 2 is 1.70 bits per heavy atom. The van der Waals surface area contributed by atoms with Crippen LogP contribution in [0.15, 0.2) is 79.1 Å². The van der Waals surface area contributed by atoms with Crippen molar-refractivity contribution in [3.05, 3.63) is 84.7 Å². The van der Waals surface area contributed by atoms with Crippen LogP contribution in [0.4, 0.5) is 5.69 Å². The van der Waals surface area contributed by atoms with E-state index in [1.165, 1.54) is 11.9 Å². The number of aromatic amines is 2. The van der Waals surface area contributed by atoms with E-state index in [0.29, 0.717) is 0 Å². The van der Waals surface area contributed by atoms with E-state index in [4.69, 9.17) is 0 Å². The lowest BCUT2D eigenvalue weighted by atomic mass is 10.0. The molecular weight excluding hydrogens is 372 g/mol. The van der Waals surface area contributed by atoms with Gasteiger partial charge in [0.05, 0.1) is 11.2 Å². The standard InChI is InChI=1S/C22H18N6.C2H6/c1-2-7-18(8-3-1)23-13-15-5-4-6-16(11-15)21-19-12-17(22-24-14-25-28-22)9-10-20(19)26-27-21;1-2/h1-12,14,23H,13H2,(H,26,27)(H,24,25,28);1-2H3. The van der Waals surface area contributed by atoms with Crippen LogP contribution in [0.2, 0.25) is 0 Å². The highest BCUT2D eigenvalue weighted by molar-refractivity contribution is 5.95. The molecule has 0 bridgehead atoms. The van der Waals surface area contributed by atoms with Gasteiger partial charge in [-0.1, -0.05) is 50.2 Å². The number of para-hydroxylation sites is 1. The SMILES string of the molecule is CC.c1ccc(NCc2cccc(-c3n[nH]c4ccc(-c5ncn[nH]5)cc34)c2)cc1. The number of anilines is 1. The van der Waals surface area contributed by atoms with Gasteiger partial charge in [0.1, 0.15) is 6.33 Å². The van der Waals surface area contributed by atoms with Crippen molar-refractivity contribution in [3.63, 3.8) is 0 Å². The van der Waals surface area contributed by atoms with Gasteiger partial charge in [-0.2, -0.15) is 10.2 Å². The molecule has 30 heavy (non-hydrogen) atoms. The molecule has 0 radical (unpaired) electrons. The second-order valence-electron chi connectivity index (χ2n) is 6.59. The molecule has 0 amide bonds. The maximum absolute atomic E-state index is 4.56. The van der Waals surface area contributed by atoms with Gasteiger partial charge in [-0.05, 0) is 42.0 Å². The molecule has 0 unspecified atom stereocenters. The van der Waals surface area contributed by atoms with Gasteiger partial charge in [0.15, 0.2) is 5.82 Å². The van der Waals surface area contributed by atoms with Gasteiger partial charge in [0.25, 0.3) is 0 Å². The highest BCUT2D eigenvalue weighted by Gasteiger charge is 2.11.